The molecule has 0 bridgehead atoms. The van der Waals surface area contributed by atoms with E-state index >= 15 is 0 Å². The number of nitrogens with zero attached hydrogens (tertiary/aromatic N) is 1. The lowest BCUT2D eigenvalue weighted by molar-refractivity contribution is 0.0203. The van der Waals surface area contributed by atoms with E-state index in [-0.39, 0.29) is 0 Å². The van der Waals surface area contributed by atoms with Gasteiger partial charge >= 0.3 is 0 Å². The lowest BCUT2D eigenvalue weighted by atomic mass is 10.0. The number of hydrogen-bond acceptors (Lipinski definition) is 4. The molecule has 0 saturated heterocycles. The predicted octanol–water partition coefficient (Wildman–Crippen LogP) is 1.50. The summed E-state index contributed by atoms with van der Waals surface area (Å²) >= 11 is 6.08. The smallest absolute Gasteiger partial charge is 0.106 e. The van der Waals surface area contributed by atoms with Crippen molar-refractivity contribution in [1.29, 1.82) is 0 Å². The maximum absolute atomic E-state index is 10.0. The van der Waals surface area contributed by atoms with Gasteiger partial charge < -0.3 is 15.5 Å². The van der Waals surface area contributed by atoms with Gasteiger partial charge in [0.2, 0.25) is 0 Å². The third-order valence-corrected chi connectivity index (χ3v) is 3.16. The van der Waals surface area contributed by atoms with Crippen LogP contribution < -0.4 is 5.32 Å². The van der Waals surface area contributed by atoms with Gasteiger partial charge in [0.05, 0.1) is 16.6 Å². The van der Waals surface area contributed by atoms with Crippen LogP contribution in [0.1, 0.15) is 11.7 Å². The standard InChI is InChI=1S/C13H15ClN2O2/c1-15-7-12(17)13(18)8-2-3-11-9(6-8)10(14)4-5-16-11/h2-6,12-13,15,17-18H,7H2,1H3. The molecule has 0 spiro atoms. The molecule has 0 aliphatic heterocycles. The van der Waals surface area contributed by atoms with E-state index < -0.39 is 12.2 Å². The molecule has 5 heteroatoms. The van der Waals surface area contributed by atoms with Gasteiger partial charge in [0.1, 0.15) is 6.10 Å². The average Bonchev–Trinajstić information content (AvgIpc) is 2.38. The lowest BCUT2D eigenvalue weighted by Gasteiger charge is -2.18. The number of rotatable bonds is 4. The Bertz CT molecular complexity index is 548. The van der Waals surface area contributed by atoms with Crippen LogP contribution >= 0.6 is 11.6 Å². The normalized spacial score (nSPS) is 14.7. The summed E-state index contributed by atoms with van der Waals surface area (Å²) in [5, 5.41) is 23.9. The van der Waals surface area contributed by atoms with Gasteiger partial charge in [0, 0.05) is 18.1 Å². The highest BCUT2D eigenvalue weighted by molar-refractivity contribution is 6.35. The summed E-state index contributed by atoms with van der Waals surface area (Å²) in [7, 11) is 1.72. The molecule has 0 aliphatic rings. The van der Waals surface area contributed by atoms with Crippen molar-refractivity contribution in [3.05, 3.63) is 41.0 Å². The van der Waals surface area contributed by atoms with E-state index in [0.29, 0.717) is 17.1 Å². The van der Waals surface area contributed by atoms with E-state index in [0.717, 1.165) is 10.9 Å². The molecule has 2 rings (SSSR count). The molecule has 0 radical (unpaired) electrons. The molecule has 96 valence electrons. The van der Waals surface area contributed by atoms with Gasteiger partial charge in [-0.3, -0.25) is 4.98 Å². The molecule has 0 amide bonds. The topological polar surface area (TPSA) is 65.4 Å². The maximum Gasteiger partial charge on any atom is 0.106 e. The van der Waals surface area contributed by atoms with E-state index in [9.17, 15) is 10.2 Å². The number of aliphatic hydroxyl groups is 2. The molecule has 0 fully saturated rings. The first-order chi connectivity index (χ1) is 8.63. The largest absolute Gasteiger partial charge is 0.389 e. The van der Waals surface area contributed by atoms with Crippen LogP contribution in [0.25, 0.3) is 10.9 Å². The fourth-order valence-corrected chi connectivity index (χ4v) is 2.06. The summed E-state index contributed by atoms with van der Waals surface area (Å²) in [5.74, 6) is 0. The van der Waals surface area contributed by atoms with Crippen LogP contribution in [-0.2, 0) is 0 Å². The van der Waals surface area contributed by atoms with Crippen LogP contribution in [0.5, 0.6) is 0 Å². The summed E-state index contributed by atoms with van der Waals surface area (Å²) in [6, 6.07) is 6.99. The second-order valence-electron chi connectivity index (χ2n) is 4.14. The van der Waals surface area contributed by atoms with Crippen molar-refractivity contribution in [2.75, 3.05) is 13.6 Å². The van der Waals surface area contributed by atoms with Crippen LogP contribution in [0.4, 0.5) is 0 Å². The molecular formula is C13H15ClN2O2. The van der Waals surface area contributed by atoms with Gasteiger partial charge in [-0.15, -0.1) is 0 Å². The first-order valence-corrected chi connectivity index (χ1v) is 6.06. The zero-order chi connectivity index (χ0) is 13.1. The van der Waals surface area contributed by atoms with Gasteiger partial charge in [0.15, 0.2) is 0 Å². The number of aliphatic hydroxyl groups excluding tert-OH is 2. The summed E-state index contributed by atoms with van der Waals surface area (Å²) in [6.45, 7) is 0.319. The van der Waals surface area contributed by atoms with Crippen LogP contribution in [0.2, 0.25) is 5.02 Å². The number of likely N-dealkylation sites (N-methyl/N-ethyl adjacent to an activating group) is 1. The molecule has 18 heavy (non-hydrogen) atoms. The monoisotopic (exact) mass is 266 g/mol. The van der Waals surface area contributed by atoms with Crippen LogP contribution in [0.15, 0.2) is 30.5 Å². The van der Waals surface area contributed by atoms with Crippen molar-refractivity contribution in [2.24, 2.45) is 0 Å². The molecule has 3 N–H and O–H groups in total. The maximum atomic E-state index is 10.0. The molecule has 1 aromatic heterocycles. The summed E-state index contributed by atoms with van der Waals surface area (Å²) in [5.41, 5.74) is 1.39. The minimum Gasteiger partial charge on any atom is -0.389 e. The van der Waals surface area contributed by atoms with Crippen molar-refractivity contribution >= 4 is 22.5 Å². The lowest BCUT2D eigenvalue weighted by Crippen LogP contribution is -2.29. The van der Waals surface area contributed by atoms with Gasteiger partial charge in [-0.25, -0.2) is 0 Å². The van der Waals surface area contributed by atoms with E-state index in [1.54, 1.807) is 37.5 Å². The van der Waals surface area contributed by atoms with Crippen molar-refractivity contribution < 1.29 is 10.2 Å². The second kappa shape index (κ2) is 5.63. The molecule has 1 heterocycles. The molecule has 0 saturated carbocycles. The first kappa shape index (κ1) is 13.2. The molecule has 1 aromatic carbocycles. The Morgan fingerprint density at radius 3 is 2.83 bits per heavy atom. The fourth-order valence-electron chi connectivity index (χ4n) is 1.86. The average molecular weight is 267 g/mol. The van der Waals surface area contributed by atoms with E-state index in [2.05, 4.69) is 10.3 Å². The van der Waals surface area contributed by atoms with Crippen LogP contribution in [-0.4, -0.2) is 34.9 Å². The van der Waals surface area contributed by atoms with Crippen molar-refractivity contribution in [2.45, 2.75) is 12.2 Å². The van der Waals surface area contributed by atoms with Gasteiger partial charge in [0.25, 0.3) is 0 Å². The molecular weight excluding hydrogens is 252 g/mol. The number of fused-ring (bicyclic) bond motifs is 1. The van der Waals surface area contributed by atoms with E-state index in [1.807, 2.05) is 0 Å². The Morgan fingerprint density at radius 2 is 2.11 bits per heavy atom. The van der Waals surface area contributed by atoms with Gasteiger partial charge in [-0.1, -0.05) is 17.7 Å². The number of aromatic nitrogens is 1. The zero-order valence-corrected chi connectivity index (χ0v) is 10.7. The third-order valence-electron chi connectivity index (χ3n) is 2.83. The number of nitrogens with one attached hydrogen (secondary N) is 1. The SMILES string of the molecule is CNCC(O)C(O)c1ccc2nccc(Cl)c2c1. The van der Waals surface area contributed by atoms with Gasteiger partial charge in [-0.05, 0) is 30.8 Å². The Morgan fingerprint density at radius 1 is 1.33 bits per heavy atom. The van der Waals surface area contributed by atoms with Gasteiger partial charge in [-0.2, -0.15) is 0 Å². The van der Waals surface area contributed by atoms with Crippen molar-refractivity contribution in [3.8, 4) is 0 Å². The molecule has 4 nitrogen and oxygen atoms in total. The van der Waals surface area contributed by atoms with Crippen molar-refractivity contribution in [1.82, 2.24) is 10.3 Å². The zero-order valence-electron chi connectivity index (χ0n) is 9.97. The highest BCUT2D eigenvalue weighted by Crippen LogP contribution is 2.26. The van der Waals surface area contributed by atoms with Crippen molar-refractivity contribution in [3.63, 3.8) is 0 Å². The molecule has 2 unspecified atom stereocenters. The van der Waals surface area contributed by atoms with E-state index in [4.69, 9.17) is 11.6 Å². The minimum absolute atomic E-state index is 0.319. The Balaban J connectivity index is 2.37. The Labute approximate surface area is 110 Å². The van der Waals surface area contributed by atoms with E-state index in [1.165, 1.54) is 0 Å². The van der Waals surface area contributed by atoms with Crippen LogP contribution in [0, 0.1) is 0 Å². The quantitative estimate of drug-likeness (QED) is 0.785. The Kier molecular flexibility index (Phi) is 4.14. The third kappa shape index (κ3) is 2.62. The summed E-state index contributed by atoms with van der Waals surface area (Å²) < 4.78 is 0. The first-order valence-electron chi connectivity index (χ1n) is 5.68. The highest BCUT2D eigenvalue weighted by Gasteiger charge is 2.18. The molecule has 0 aliphatic carbocycles. The number of benzene rings is 1. The Hall–Kier alpha value is -1.20. The summed E-state index contributed by atoms with van der Waals surface area (Å²) in [6.07, 6.45) is -0.169. The molecule has 2 atom stereocenters. The number of halogens is 1. The predicted molar refractivity (Wildman–Crippen MR) is 71.6 cm³/mol. The molecule has 2 aromatic rings. The summed E-state index contributed by atoms with van der Waals surface area (Å²) in [4.78, 5) is 4.18. The number of hydrogen-bond donors (Lipinski definition) is 3. The van der Waals surface area contributed by atoms with Crippen LogP contribution in [0.3, 0.4) is 0 Å². The fraction of sp³-hybridized carbons (Fsp3) is 0.308. The highest BCUT2D eigenvalue weighted by atomic mass is 35.5. The minimum atomic E-state index is -0.946. The number of pyridine rings is 1. The second-order valence-corrected chi connectivity index (χ2v) is 4.55.